The molecule has 11 heteroatoms. The number of hydrogen-bond acceptors (Lipinski definition) is 6. The Bertz CT molecular complexity index is 1310. The number of aliphatic hydroxyl groups excluding tert-OH is 2. The number of H-pyrrole nitrogens is 1. The largest absolute Gasteiger partial charge is 0.507 e. The zero-order valence-electron chi connectivity index (χ0n) is 19.9. The van der Waals surface area contributed by atoms with Crippen LogP contribution in [0, 0.1) is 0 Å². The van der Waals surface area contributed by atoms with Gasteiger partial charge in [-0.1, -0.05) is 11.6 Å². The third kappa shape index (κ3) is 6.80. The third-order valence-corrected chi connectivity index (χ3v) is 7.98. The Hall–Kier alpha value is -2.24. The van der Waals surface area contributed by atoms with Crippen LogP contribution in [-0.4, -0.2) is 62.8 Å². The topological polar surface area (TPSA) is 96.8 Å². The van der Waals surface area contributed by atoms with Gasteiger partial charge >= 0.3 is 6.18 Å². The second-order valence-corrected chi connectivity index (χ2v) is 10.7. The first-order chi connectivity index (χ1) is 17.5. The highest BCUT2D eigenvalue weighted by Crippen LogP contribution is 2.42. The van der Waals surface area contributed by atoms with E-state index in [9.17, 15) is 33.3 Å². The lowest BCUT2D eigenvalue weighted by atomic mass is 9.98. The van der Waals surface area contributed by atoms with Crippen molar-refractivity contribution in [2.45, 2.75) is 49.0 Å². The maximum atomic E-state index is 13.5. The molecule has 1 aliphatic heterocycles. The second kappa shape index (κ2) is 11.7. The third-order valence-electron chi connectivity index (χ3n) is 6.51. The number of hydrogen-bond donors (Lipinski definition) is 4. The number of thioether (sulfide) groups is 1. The SMILES string of the molecule is O=c1[nH]c2ccc(C(F)(F)F)cc2c(-c2cc(Cl)ccc2O)c1SCC(O)CCCN1CCC(O)CC1. The summed E-state index contributed by atoms with van der Waals surface area (Å²) in [7, 11) is 0. The molecule has 1 saturated heterocycles. The van der Waals surface area contributed by atoms with Gasteiger partial charge in [0.2, 0.25) is 0 Å². The number of aliphatic hydroxyl groups is 2. The van der Waals surface area contributed by atoms with Gasteiger partial charge < -0.3 is 25.2 Å². The van der Waals surface area contributed by atoms with Gasteiger partial charge in [-0.25, -0.2) is 0 Å². The summed E-state index contributed by atoms with van der Waals surface area (Å²) >= 11 is 7.16. The molecule has 0 spiro atoms. The quantitative estimate of drug-likeness (QED) is 0.283. The van der Waals surface area contributed by atoms with E-state index in [0.29, 0.717) is 6.42 Å². The van der Waals surface area contributed by atoms with E-state index < -0.39 is 23.4 Å². The number of phenols is 1. The molecule has 0 aliphatic carbocycles. The molecule has 0 bridgehead atoms. The summed E-state index contributed by atoms with van der Waals surface area (Å²) in [5.41, 5.74) is -0.980. The molecule has 6 nitrogen and oxygen atoms in total. The Morgan fingerprint density at radius 1 is 1.16 bits per heavy atom. The number of pyridine rings is 1. The van der Waals surface area contributed by atoms with Gasteiger partial charge in [-0.05, 0) is 68.6 Å². The Morgan fingerprint density at radius 3 is 2.59 bits per heavy atom. The molecule has 4 N–H and O–H groups in total. The number of likely N-dealkylation sites (tertiary alicyclic amines) is 1. The van der Waals surface area contributed by atoms with E-state index in [-0.39, 0.29) is 49.6 Å². The van der Waals surface area contributed by atoms with E-state index >= 15 is 0 Å². The van der Waals surface area contributed by atoms with Crippen molar-refractivity contribution < 1.29 is 28.5 Å². The summed E-state index contributed by atoms with van der Waals surface area (Å²) in [5, 5.41) is 31.1. The number of phenolic OH excluding ortho intramolecular Hbond substituents is 1. The molecule has 1 aliphatic rings. The number of aromatic nitrogens is 1. The van der Waals surface area contributed by atoms with Gasteiger partial charge in [0, 0.05) is 45.9 Å². The van der Waals surface area contributed by atoms with Crippen molar-refractivity contribution in [2.75, 3.05) is 25.4 Å². The number of rotatable bonds is 8. The number of nitrogens with zero attached hydrogens (tertiary/aromatic N) is 1. The molecule has 200 valence electrons. The lowest BCUT2D eigenvalue weighted by molar-refractivity contribution is -0.137. The number of benzene rings is 2. The van der Waals surface area contributed by atoms with Crippen LogP contribution in [0.15, 0.2) is 46.1 Å². The average Bonchev–Trinajstić information content (AvgIpc) is 2.84. The van der Waals surface area contributed by atoms with E-state index in [0.717, 1.165) is 62.8 Å². The highest BCUT2D eigenvalue weighted by molar-refractivity contribution is 7.99. The Kier molecular flexibility index (Phi) is 8.75. The van der Waals surface area contributed by atoms with Gasteiger partial charge in [0.15, 0.2) is 0 Å². The molecule has 0 saturated carbocycles. The predicted octanol–water partition coefficient (Wildman–Crippen LogP) is 5.26. The molecular formula is C26H28ClF3N2O4S. The Morgan fingerprint density at radius 2 is 1.89 bits per heavy atom. The Balaban J connectivity index is 1.61. The standard InChI is InChI=1S/C26H28ClF3N2O4S/c27-16-4-6-22(35)20(13-16)23-19-12-15(26(28,29)30)3-5-21(19)31-25(36)24(23)37-14-18(34)2-1-9-32-10-7-17(33)8-11-32/h3-6,12-13,17-18,33-35H,1-2,7-11,14H2,(H,31,36). The first kappa shape index (κ1) is 27.8. The fourth-order valence-corrected chi connectivity index (χ4v) is 5.77. The number of aromatic amines is 1. The maximum Gasteiger partial charge on any atom is 0.416 e. The van der Waals surface area contributed by atoms with Crippen LogP contribution in [0.5, 0.6) is 5.75 Å². The lowest BCUT2D eigenvalue weighted by Crippen LogP contribution is -2.36. The molecule has 0 radical (unpaired) electrons. The lowest BCUT2D eigenvalue weighted by Gasteiger charge is -2.29. The minimum atomic E-state index is -4.60. The summed E-state index contributed by atoms with van der Waals surface area (Å²) < 4.78 is 40.5. The second-order valence-electron chi connectivity index (χ2n) is 9.26. The fraction of sp³-hybridized carbons (Fsp3) is 0.423. The van der Waals surface area contributed by atoms with Gasteiger partial charge in [0.05, 0.1) is 22.7 Å². The van der Waals surface area contributed by atoms with Crippen LogP contribution in [0.25, 0.3) is 22.0 Å². The summed E-state index contributed by atoms with van der Waals surface area (Å²) in [6.07, 6.45) is -2.93. The molecule has 1 atom stereocenters. The molecule has 37 heavy (non-hydrogen) atoms. The van der Waals surface area contributed by atoms with Crippen molar-refractivity contribution in [3.05, 3.63) is 57.3 Å². The molecule has 0 amide bonds. The van der Waals surface area contributed by atoms with Crippen LogP contribution in [0.2, 0.25) is 5.02 Å². The maximum absolute atomic E-state index is 13.5. The first-order valence-electron chi connectivity index (χ1n) is 12.0. The van der Waals surface area contributed by atoms with Crippen LogP contribution in [0.4, 0.5) is 13.2 Å². The van der Waals surface area contributed by atoms with Gasteiger partial charge in [0.25, 0.3) is 5.56 Å². The molecule has 4 rings (SSSR count). The smallest absolute Gasteiger partial charge is 0.416 e. The van der Waals surface area contributed by atoms with E-state index in [1.54, 1.807) is 0 Å². The van der Waals surface area contributed by atoms with Crippen LogP contribution >= 0.6 is 23.4 Å². The predicted molar refractivity (Wildman–Crippen MR) is 139 cm³/mol. The van der Waals surface area contributed by atoms with Crippen molar-refractivity contribution in [3.63, 3.8) is 0 Å². The van der Waals surface area contributed by atoms with Crippen molar-refractivity contribution >= 4 is 34.3 Å². The molecule has 2 heterocycles. The minimum Gasteiger partial charge on any atom is -0.507 e. The molecule has 2 aromatic carbocycles. The van der Waals surface area contributed by atoms with Gasteiger partial charge in [-0.15, -0.1) is 11.8 Å². The summed E-state index contributed by atoms with van der Waals surface area (Å²) in [5.74, 6) is -0.0941. The van der Waals surface area contributed by atoms with E-state index in [2.05, 4.69) is 9.88 Å². The van der Waals surface area contributed by atoms with Crippen molar-refractivity contribution in [3.8, 4) is 16.9 Å². The van der Waals surface area contributed by atoms with Crippen LogP contribution in [0.3, 0.4) is 0 Å². The zero-order chi connectivity index (χ0) is 26.7. The molecule has 3 aromatic rings. The highest BCUT2D eigenvalue weighted by Gasteiger charge is 2.31. The highest BCUT2D eigenvalue weighted by atomic mass is 35.5. The molecular weight excluding hydrogens is 529 g/mol. The van der Waals surface area contributed by atoms with Crippen LogP contribution in [-0.2, 0) is 6.18 Å². The number of piperidine rings is 1. The van der Waals surface area contributed by atoms with E-state index in [4.69, 9.17) is 11.6 Å². The van der Waals surface area contributed by atoms with Crippen LogP contribution < -0.4 is 5.56 Å². The Labute approximate surface area is 221 Å². The van der Waals surface area contributed by atoms with Crippen molar-refractivity contribution in [2.24, 2.45) is 0 Å². The summed E-state index contributed by atoms with van der Waals surface area (Å²) in [6, 6.07) is 7.18. The van der Waals surface area contributed by atoms with Crippen molar-refractivity contribution in [1.29, 1.82) is 0 Å². The first-order valence-corrected chi connectivity index (χ1v) is 13.4. The fourth-order valence-electron chi connectivity index (χ4n) is 4.52. The number of alkyl halides is 3. The number of nitrogens with one attached hydrogen (secondary N) is 1. The minimum absolute atomic E-state index is 0.0912. The molecule has 1 unspecified atom stereocenters. The van der Waals surface area contributed by atoms with Gasteiger partial charge in [0.1, 0.15) is 5.75 Å². The number of aromatic hydroxyl groups is 1. The summed E-state index contributed by atoms with van der Waals surface area (Å²) in [4.78, 5) is 18.0. The van der Waals surface area contributed by atoms with E-state index in [1.165, 1.54) is 24.3 Å². The molecule has 1 fully saturated rings. The van der Waals surface area contributed by atoms with Gasteiger partial charge in [-0.2, -0.15) is 13.2 Å². The zero-order valence-corrected chi connectivity index (χ0v) is 21.5. The van der Waals surface area contributed by atoms with Crippen LogP contribution in [0.1, 0.15) is 31.2 Å². The van der Waals surface area contributed by atoms with Gasteiger partial charge in [-0.3, -0.25) is 4.79 Å². The summed E-state index contributed by atoms with van der Waals surface area (Å²) in [6.45, 7) is 2.41. The number of halogens is 4. The molecule has 1 aromatic heterocycles. The van der Waals surface area contributed by atoms with E-state index in [1.807, 2.05) is 0 Å². The number of fused-ring (bicyclic) bond motifs is 1. The normalized spacial score (nSPS) is 16.4. The average molecular weight is 557 g/mol. The van der Waals surface area contributed by atoms with Crippen molar-refractivity contribution in [1.82, 2.24) is 9.88 Å². The monoisotopic (exact) mass is 556 g/mol.